The third-order valence-corrected chi connectivity index (χ3v) is 6.20. The van der Waals surface area contributed by atoms with Gasteiger partial charge in [0.1, 0.15) is 11.5 Å². The van der Waals surface area contributed by atoms with E-state index in [1.807, 2.05) is 12.1 Å². The van der Waals surface area contributed by atoms with Crippen LogP contribution in [0.4, 0.5) is 0 Å². The molecule has 1 aromatic rings. The van der Waals surface area contributed by atoms with Crippen molar-refractivity contribution in [3.63, 3.8) is 0 Å². The number of piperidine rings is 2. The van der Waals surface area contributed by atoms with Crippen LogP contribution >= 0.6 is 0 Å². The van der Waals surface area contributed by atoms with Crippen LogP contribution in [0.2, 0.25) is 0 Å². The van der Waals surface area contributed by atoms with Gasteiger partial charge in [-0.2, -0.15) is 0 Å². The van der Waals surface area contributed by atoms with Crippen LogP contribution in [0.15, 0.2) is 12.1 Å². The van der Waals surface area contributed by atoms with Gasteiger partial charge in [0.15, 0.2) is 0 Å². The molecule has 2 aliphatic rings. The number of hydrogen-bond donors (Lipinski definition) is 0. The van der Waals surface area contributed by atoms with E-state index in [1.54, 1.807) is 0 Å². The Morgan fingerprint density at radius 2 is 1.06 bits per heavy atom. The molecule has 0 atom stereocenters. The summed E-state index contributed by atoms with van der Waals surface area (Å²) in [5.74, 6) is 26.3. The molecule has 0 spiro atoms. The lowest BCUT2D eigenvalue weighted by molar-refractivity contribution is 0.255. The summed E-state index contributed by atoms with van der Waals surface area (Å²) in [7, 11) is 0. The average molecular weight is 485 g/mol. The normalized spacial score (nSPS) is 15.6. The van der Waals surface area contributed by atoms with E-state index < -0.39 is 0 Å². The Labute approximate surface area is 219 Å². The fraction of sp³-hybridized carbons (Fsp3) is 0.562. The van der Waals surface area contributed by atoms with Crippen molar-refractivity contribution in [1.82, 2.24) is 9.80 Å². The number of benzene rings is 1. The maximum atomic E-state index is 6.00. The zero-order chi connectivity index (χ0) is 25.3. The summed E-state index contributed by atoms with van der Waals surface area (Å²) in [6, 6.07) is 3.87. The molecule has 0 saturated carbocycles. The summed E-state index contributed by atoms with van der Waals surface area (Å²) in [5.41, 5.74) is 1.57. The lowest BCUT2D eigenvalue weighted by Gasteiger charge is -2.23. The second kappa shape index (κ2) is 16.6. The molecule has 0 N–H and O–H groups in total. The van der Waals surface area contributed by atoms with Crippen LogP contribution in [0.25, 0.3) is 0 Å². The molecule has 0 amide bonds. The molecule has 0 aliphatic carbocycles. The van der Waals surface area contributed by atoms with Gasteiger partial charge in [0.25, 0.3) is 0 Å². The molecule has 4 nitrogen and oxygen atoms in total. The van der Waals surface area contributed by atoms with Gasteiger partial charge in [0.05, 0.1) is 37.4 Å². The highest BCUT2D eigenvalue weighted by Crippen LogP contribution is 2.29. The van der Waals surface area contributed by atoms with Crippen molar-refractivity contribution in [1.29, 1.82) is 0 Å². The van der Waals surface area contributed by atoms with Crippen LogP contribution in [0.5, 0.6) is 11.5 Å². The van der Waals surface area contributed by atoms with E-state index in [-0.39, 0.29) is 0 Å². The van der Waals surface area contributed by atoms with Crippen molar-refractivity contribution in [2.75, 3.05) is 52.5 Å². The molecule has 2 aliphatic heterocycles. The molecule has 2 heterocycles. The number of nitrogens with zero attached hydrogens (tertiary/aromatic N) is 2. The maximum absolute atomic E-state index is 6.00. The smallest absolute Gasteiger partial charge is 0.138 e. The van der Waals surface area contributed by atoms with Gasteiger partial charge < -0.3 is 9.47 Å². The molecule has 2 fully saturated rings. The highest BCUT2D eigenvalue weighted by atomic mass is 16.5. The molecule has 4 heteroatoms. The quantitative estimate of drug-likeness (QED) is 0.488. The zero-order valence-electron chi connectivity index (χ0n) is 22.2. The minimum absolute atomic E-state index is 0.621. The van der Waals surface area contributed by atoms with Crippen molar-refractivity contribution in [3.05, 3.63) is 23.3 Å². The second-order valence-electron chi connectivity index (χ2n) is 9.32. The fourth-order valence-corrected chi connectivity index (χ4v) is 4.24. The predicted molar refractivity (Wildman–Crippen MR) is 148 cm³/mol. The van der Waals surface area contributed by atoms with Gasteiger partial charge in [0.2, 0.25) is 0 Å². The van der Waals surface area contributed by atoms with E-state index in [2.05, 4.69) is 71.0 Å². The van der Waals surface area contributed by atoms with Crippen LogP contribution in [-0.4, -0.2) is 62.3 Å². The standard InChI is InChI=1S/C32H40N2O2/c1-3-25-35-31-28-32(36-26-4-2)30(18-10-6-12-20-34-23-15-8-16-24-34)27-29(31)17-9-5-11-19-33-21-13-7-14-22-33/h27-28H,3-4,7-8,13-16,19-26H2,1-2H3. The summed E-state index contributed by atoms with van der Waals surface area (Å²) < 4.78 is 12.0. The number of rotatable bonds is 8. The topological polar surface area (TPSA) is 24.9 Å². The van der Waals surface area contributed by atoms with Crippen LogP contribution in [0.1, 0.15) is 76.3 Å². The monoisotopic (exact) mass is 484 g/mol. The third-order valence-electron chi connectivity index (χ3n) is 6.20. The first-order valence-electron chi connectivity index (χ1n) is 13.7. The van der Waals surface area contributed by atoms with Crippen LogP contribution < -0.4 is 9.47 Å². The SMILES string of the molecule is CCCOc1cc(OCCC)c(C#CC#CCN2CCCCC2)cc1C#CC#CCN1CCCCC1. The van der Waals surface area contributed by atoms with E-state index in [0.29, 0.717) is 13.2 Å². The molecule has 190 valence electrons. The van der Waals surface area contributed by atoms with E-state index >= 15 is 0 Å². The molecule has 0 unspecified atom stereocenters. The Kier molecular flexibility index (Phi) is 12.7. The Bertz CT molecular complexity index is 983. The van der Waals surface area contributed by atoms with Crippen LogP contribution in [0.3, 0.4) is 0 Å². The number of likely N-dealkylation sites (tertiary alicyclic amines) is 2. The first-order chi connectivity index (χ1) is 17.8. The minimum Gasteiger partial charge on any atom is -0.492 e. The van der Waals surface area contributed by atoms with Gasteiger partial charge >= 0.3 is 0 Å². The van der Waals surface area contributed by atoms with Crippen LogP contribution in [0, 0.1) is 47.4 Å². The number of hydrogen-bond acceptors (Lipinski definition) is 4. The van der Waals surface area contributed by atoms with Crippen molar-refractivity contribution in [2.45, 2.75) is 65.2 Å². The van der Waals surface area contributed by atoms with Crippen LogP contribution in [-0.2, 0) is 0 Å². The summed E-state index contributed by atoms with van der Waals surface area (Å²) >= 11 is 0. The third kappa shape index (κ3) is 9.92. The maximum Gasteiger partial charge on any atom is 0.138 e. The first kappa shape index (κ1) is 27.6. The van der Waals surface area contributed by atoms with Gasteiger partial charge in [-0.15, -0.1) is 0 Å². The molecule has 1 aromatic carbocycles. The molecule has 0 bridgehead atoms. The average Bonchev–Trinajstić information content (AvgIpc) is 2.92. The minimum atomic E-state index is 0.621. The predicted octanol–water partition coefficient (Wildman–Crippen LogP) is 4.95. The number of ether oxygens (including phenoxy) is 2. The zero-order valence-corrected chi connectivity index (χ0v) is 22.2. The highest BCUT2D eigenvalue weighted by molar-refractivity contribution is 5.60. The van der Waals surface area contributed by atoms with E-state index in [0.717, 1.165) is 74.7 Å². The second-order valence-corrected chi connectivity index (χ2v) is 9.32. The van der Waals surface area contributed by atoms with Gasteiger partial charge in [-0.3, -0.25) is 9.80 Å². The Morgan fingerprint density at radius 3 is 1.47 bits per heavy atom. The Balaban J connectivity index is 1.77. The van der Waals surface area contributed by atoms with Gasteiger partial charge in [-0.05, 0) is 106 Å². The lowest BCUT2D eigenvalue weighted by atomic mass is 10.1. The molecule has 36 heavy (non-hydrogen) atoms. The summed E-state index contributed by atoms with van der Waals surface area (Å²) in [6.45, 7) is 11.5. The van der Waals surface area contributed by atoms with Gasteiger partial charge in [0, 0.05) is 6.07 Å². The Hall–Kier alpha value is -3.02. The highest BCUT2D eigenvalue weighted by Gasteiger charge is 2.11. The van der Waals surface area contributed by atoms with E-state index in [9.17, 15) is 0 Å². The van der Waals surface area contributed by atoms with Gasteiger partial charge in [-0.25, -0.2) is 0 Å². The molecule has 0 radical (unpaired) electrons. The van der Waals surface area contributed by atoms with Crippen molar-refractivity contribution >= 4 is 0 Å². The van der Waals surface area contributed by atoms with Gasteiger partial charge in [-0.1, -0.05) is 38.5 Å². The molecule has 3 rings (SSSR count). The lowest BCUT2D eigenvalue weighted by Crippen LogP contribution is -2.29. The summed E-state index contributed by atoms with van der Waals surface area (Å²) in [6.07, 6.45) is 9.57. The summed E-state index contributed by atoms with van der Waals surface area (Å²) in [4.78, 5) is 4.79. The molecule has 0 aromatic heterocycles. The van der Waals surface area contributed by atoms with Crippen molar-refractivity contribution < 1.29 is 9.47 Å². The van der Waals surface area contributed by atoms with E-state index in [4.69, 9.17) is 9.47 Å². The largest absolute Gasteiger partial charge is 0.492 e. The molecular formula is C32H40N2O2. The first-order valence-corrected chi connectivity index (χ1v) is 13.7. The molecular weight excluding hydrogens is 444 g/mol. The Morgan fingerprint density at radius 1 is 0.611 bits per heavy atom. The fourth-order valence-electron chi connectivity index (χ4n) is 4.24. The van der Waals surface area contributed by atoms with Crippen molar-refractivity contribution in [2.24, 2.45) is 0 Å². The van der Waals surface area contributed by atoms with Crippen molar-refractivity contribution in [3.8, 4) is 58.9 Å². The molecule has 2 saturated heterocycles. The van der Waals surface area contributed by atoms with E-state index in [1.165, 1.54) is 38.5 Å². The summed E-state index contributed by atoms with van der Waals surface area (Å²) in [5, 5.41) is 0.